The minimum Gasteiger partial charge on any atom is -0.497 e. The summed E-state index contributed by atoms with van der Waals surface area (Å²) in [7, 11) is 3.03. The molecule has 4 rings (SSSR count). The number of ether oxygens (including phenoxy) is 3. The maximum absolute atomic E-state index is 12.6. The second kappa shape index (κ2) is 11.3. The molecule has 0 aromatic heterocycles. The van der Waals surface area contributed by atoms with Gasteiger partial charge in [0, 0.05) is 35.2 Å². The normalized spacial score (nSPS) is 18.9. The Kier molecular flexibility index (Phi) is 7.92. The van der Waals surface area contributed by atoms with Crippen LogP contribution >= 0.6 is 0 Å². The Morgan fingerprint density at radius 1 is 1.09 bits per heavy atom. The molecule has 0 bridgehead atoms. The molecule has 8 nitrogen and oxygen atoms in total. The van der Waals surface area contributed by atoms with Gasteiger partial charge < -0.3 is 25.3 Å². The number of hydrogen-bond acceptors (Lipinski definition) is 7. The van der Waals surface area contributed by atoms with Crippen LogP contribution in [0, 0.1) is 0 Å². The van der Waals surface area contributed by atoms with Gasteiger partial charge in [-0.1, -0.05) is 0 Å². The lowest BCUT2D eigenvalue weighted by Crippen LogP contribution is -2.42. The highest BCUT2D eigenvalue weighted by atomic mass is 16.5. The first-order chi connectivity index (χ1) is 17.0. The van der Waals surface area contributed by atoms with E-state index >= 15 is 0 Å². The van der Waals surface area contributed by atoms with Gasteiger partial charge in [0.1, 0.15) is 17.2 Å². The van der Waals surface area contributed by atoms with E-state index in [1.807, 2.05) is 49.5 Å². The topological polar surface area (TPSA) is 98.4 Å². The Morgan fingerprint density at radius 3 is 2.46 bits per heavy atom. The van der Waals surface area contributed by atoms with E-state index in [2.05, 4.69) is 5.32 Å². The highest BCUT2D eigenvalue weighted by Gasteiger charge is 2.32. The van der Waals surface area contributed by atoms with Crippen molar-refractivity contribution in [2.24, 2.45) is 10.7 Å². The van der Waals surface area contributed by atoms with Crippen LogP contribution in [0.15, 0.2) is 47.6 Å². The molecule has 186 valence electrons. The largest absolute Gasteiger partial charge is 0.497 e. The van der Waals surface area contributed by atoms with Crippen LogP contribution in [0.5, 0.6) is 17.2 Å². The highest BCUT2D eigenvalue weighted by molar-refractivity contribution is 6.11. The van der Waals surface area contributed by atoms with Gasteiger partial charge >= 0.3 is 6.09 Å². The summed E-state index contributed by atoms with van der Waals surface area (Å²) in [5.74, 6) is 2.08. The number of anilines is 1. The molecule has 1 amide bonds. The lowest BCUT2D eigenvalue weighted by molar-refractivity contribution is 0.175. The van der Waals surface area contributed by atoms with Gasteiger partial charge in [0.15, 0.2) is 0 Å². The number of nitrogens with zero attached hydrogens (tertiary/aromatic N) is 2. The number of hydrogen-bond donors (Lipinski definition) is 2. The molecule has 35 heavy (non-hydrogen) atoms. The zero-order chi connectivity index (χ0) is 24.8. The maximum atomic E-state index is 12.6. The third-order valence-electron chi connectivity index (χ3n) is 6.62. The minimum atomic E-state index is -0.386. The number of nitrogens with one attached hydrogen (secondary N) is 1. The van der Waals surface area contributed by atoms with Gasteiger partial charge in [0.25, 0.3) is 0 Å². The van der Waals surface area contributed by atoms with Crippen molar-refractivity contribution in [2.75, 3.05) is 32.2 Å². The molecule has 8 heteroatoms. The molecular formula is C27H34N4O4. The van der Waals surface area contributed by atoms with Gasteiger partial charge in [-0.2, -0.15) is 0 Å². The number of aliphatic imine (C=N–C) groups is 1. The Morgan fingerprint density at radius 2 is 1.80 bits per heavy atom. The van der Waals surface area contributed by atoms with Crippen molar-refractivity contribution < 1.29 is 19.0 Å². The van der Waals surface area contributed by atoms with E-state index in [0.29, 0.717) is 11.5 Å². The average molecular weight is 479 g/mol. The van der Waals surface area contributed by atoms with Crippen molar-refractivity contribution in [3.63, 3.8) is 0 Å². The molecule has 2 aliphatic rings. The number of carbonyl (C=O) groups excluding carboxylic acids is 1. The first-order valence-electron chi connectivity index (χ1n) is 12.1. The Labute approximate surface area is 206 Å². The number of piperidine rings is 1. The Balaban J connectivity index is 1.77. The number of amides is 1. The van der Waals surface area contributed by atoms with Gasteiger partial charge in [-0.3, -0.25) is 9.89 Å². The maximum Gasteiger partial charge on any atom is 0.414 e. The number of nitrogens with two attached hydrogens (primary N) is 1. The number of benzene rings is 2. The molecule has 0 unspecified atom stereocenters. The van der Waals surface area contributed by atoms with Crippen molar-refractivity contribution in [1.29, 1.82) is 0 Å². The Bertz CT molecular complexity index is 1090. The highest BCUT2D eigenvalue weighted by Crippen LogP contribution is 2.43. The standard InChI is InChI=1S/C27H34N4O4/c1-18-4-9-24-25(31(18)27(32)34-3)11-10-23(19(16-28)17-30-20-12-14-29-15-13-20)26(24)35-22-7-5-21(33-2)6-8-22/h5-8,10-11,16-18,20,29H,4,9,12-15,28H2,1-3H3/t18-/m0/s1. The molecule has 1 fully saturated rings. The summed E-state index contributed by atoms with van der Waals surface area (Å²) >= 11 is 0. The van der Waals surface area contributed by atoms with Crippen LogP contribution in [0.2, 0.25) is 0 Å². The van der Waals surface area contributed by atoms with Crippen LogP contribution in [0.4, 0.5) is 10.5 Å². The van der Waals surface area contributed by atoms with E-state index in [0.717, 1.165) is 66.9 Å². The molecule has 2 aromatic carbocycles. The van der Waals surface area contributed by atoms with Crippen molar-refractivity contribution in [3.8, 4) is 17.2 Å². The van der Waals surface area contributed by atoms with E-state index in [9.17, 15) is 4.79 Å². The lowest BCUT2D eigenvalue weighted by atomic mass is 9.92. The van der Waals surface area contributed by atoms with Crippen molar-refractivity contribution in [3.05, 3.63) is 53.7 Å². The van der Waals surface area contributed by atoms with Gasteiger partial charge in [0.2, 0.25) is 0 Å². The SMILES string of the molecule is COC(=O)N1c2ccc(C(C=NC3CCNCC3)=CN)c(Oc3ccc(OC)cc3)c2CC[C@@H]1C. The van der Waals surface area contributed by atoms with Gasteiger partial charge in [-0.25, -0.2) is 4.79 Å². The fourth-order valence-corrected chi connectivity index (χ4v) is 4.63. The Hall–Kier alpha value is -3.52. The number of carbonyl (C=O) groups is 1. The van der Waals surface area contributed by atoms with Crippen molar-refractivity contribution in [2.45, 2.75) is 44.7 Å². The monoisotopic (exact) mass is 478 g/mol. The van der Waals surface area contributed by atoms with Crippen LogP contribution in [-0.2, 0) is 11.2 Å². The number of allylic oxidation sites excluding steroid dienone is 1. The molecule has 0 radical (unpaired) electrons. The summed E-state index contributed by atoms with van der Waals surface area (Å²) < 4.78 is 16.8. The fourth-order valence-electron chi connectivity index (χ4n) is 4.63. The van der Waals surface area contributed by atoms with E-state index in [4.69, 9.17) is 24.9 Å². The summed E-state index contributed by atoms with van der Waals surface area (Å²) in [6.07, 6.45) is 6.57. The third kappa shape index (κ3) is 5.43. The van der Waals surface area contributed by atoms with E-state index in [1.165, 1.54) is 7.11 Å². The van der Waals surface area contributed by atoms with Crippen LogP contribution in [0.1, 0.15) is 37.3 Å². The van der Waals surface area contributed by atoms with Crippen LogP contribution in [-0.4, -0.2) is 51.7 Å². The van der Waals surface area contributed by atoms with Crippen LogP contribution in [0.3, 0.4) is 0 Å². The first kappa shape index (κ1) is 24.6. The predicted molar refractivity (Wildman–Crippen MR) is 139 cm³/mol. The van der Waals surface area contributed by atoms with Gasteiger partial charge in [-0.15, -0.1) is 0 Å². The lowest BCUT2D eigenvalue weighted by Gasteiger charge is -2.35. The quantitative estimate of drug-likeness (QED) is 0.593. The van der Waals surface area contributed by atoms with E-state index in [1.54, 1.807) is 18.2 Å². The first-order valence-corrected chi connectivity index (χ1v) is 12.1. The molecule has 2 aromatic rings. The van der Waals surface area contributed by atoms with E-state index in [-0.39, 0.29) is 18.2 Å². The molecule has 2 aliphatic heterocycles. The molecule has 3 N–H and O–H groups in total. The van der Waals surface area contributed by atoms with Crippen LogP contribution < -0.4 is 25.4 Å². The molecule has 1 atom stereocenters. The molecule has 2 heterocycles. The van der Waals surface area contributed by atoms with Crippen molar-refractivity contribution >= 4 is 23.6 Å². The molecule has 0 saturated carbocycles. The second-order valence-electron chi connectivity index (χ2n) is 8.83. The van der Waals surface area contributed by atoms with Crippen LogP contribution in [0.25, 0.3) is 5.57 Å². The smallest absolute Gasteiger partial charge is 0.414 e. The zero-order valence-electron chi connectivity index (χ0n) is 20.6. The van der Waals surface area contributed by atoms with Crippen molar-refractivity contribution in [1.82, 2.24) is 5.32 Å². The zero-order valence-corrected chi connectivity index (χ0v) is 20.6. The number of rotatable bonds is 6. The summed E-state index contributed by atoms with van der Waals surface area (Å²) in [5.41, 5.74) is 9.43. The van der Waals surface area contributed by atoms with E-state index < -0.39 is 0 Å². The average Bonchev–Trinajstić information content (AvgIpc) is 2.90. The number of methoxy groups -OCH3 is 2. The third-order valence-corrected chi connectivity index (χ3v) is 6.62. The molecular weight excluding hydrogens is 444 g/mol. The summed E-state index contributed by atoms with van der Waals surface area (Å²) in [4.78, 5) is 19.1. The minimum absolute atomic E-state index is 0.0145. The summed E-state index contributed by atoms with van der Waals surface area (Å²) in [6, 6.07) is 11.6. The molecule has 0 spiro atoms. The molecule has 1 saturated heterocycles. The number of fused-ring (bicyclic) bond motifs is 1. The second-order valence-corrected chi connectivity index (χ2v) is 8.83. The summed E-state index contributed by atoms with van der Waals surface area (Å²) in [6.45, 7) is 3.96. The fraction of sp³-hybridized carbons (Fsp3) is 0.407. The predicted octanol–water partition coefficient (Wildman–Crippen LogP) is 4.52. The molecule has 0 aliphatic carbocycles. The summed E-state index contributed by atoms with van der Waals surface area (Å²) in [5, 5.41) is 3.36. The van der Waals surface area contributed by atoms with Gasteiger partial charge in [-0.05, 0) is 82.1 Å². The van der Waals surface area contributed by atoms with Gasteiger partial charge in [0.05, 0.1) is 25.9 Å².